The third-order valence-corrected chi connectivity index (χ3v) is 2.99. The first-order valence-electron chi connectivity index (χ1n) is 7.15. The molecule has 7 heteroatoms. The summed E-state index contributed by atoms with van der Waals surface area (Å²) < 4.78 is 9.58. The molecular weight excluding hydrogens is 302 g/mol. The minimum Gasteiger partial charge on any atom is -0.463 e. The van der Waals surface area contributed by atoms with Gasteiger partial charge in [0.25, 0.3) is 0 Å². The Labute approximate surface area is 134 Å². The van der Waals surface area contributed by atoms with Crippen LogP contribution in [0.2, 0.25) is 0 Å². The number of nitrogens with zero attached hydrogens (tertiary/aromatic N) is 1. The van der Waals surface area contributed by atoms with Crippen LogP contribution >= 0.6 is 0 Å². The number of hydrogen-bond acceptors (Lipinski definition) is 6. The summed E-state index contributed by atoms with van der Waals surface area (Å²) in [6.45, 7) is 1.36. The molecule has 1 aromatic rings. The minimum absolute atomic E-state index is 0.138. The van der Waals surface area contributed by atoms with Crippen molar-refractivity contribution in [2.24, 2.45) is 0 Å². The van der Waals surface area contributed by atoms with Crippen molar-refractivity contribution >= 4 is 11.9 Å². The lowest BCUT2D eigenvalue weighted by atomic mass is 9.98. The summed E-state index contributed by atoms with van der Waals surface area (Å²) in [5.74, 6) is -2.48. The van der Waals surface area contributed by atoms with Crippen LogP contribution in [-0.2, 0) is 19.1 Å². The van der Waals surface area contributed by atoms with Crippen molar-refractivity contribution in [1.29, 1.82) is 0 Å². The molecule has 0 unspecified atom stereocenters. The van der Waals surface area contributed by atoms with Gasteiger partial charge in [-0.2, -0.15) is 0 Å². The molecule has 0 heterocycles. The second-order valence-electron chi connectivity index (χ2n) is 4.78. The average molecular weight is 321 g/mol. The van der Waals surface area contributed by atoms with Crippen molar-refractivity contribution in [3.05, 3.63) is 57.8 Å². The van der Waals surface area contributed by atoms with Gasteiger partial charge in [-0.25, -0.2) is 4.79 Å². The quantitative estimate of drug-likeness (QED) is 0.240. The van der Waals surface area contributed by atoms with E-state index in [9.17, 15) is 19.7 Å². The van der Waals surface area contributed by atoms with Gasteiger partial charge in [-0.1, -0.05) is 37.3 Å². The van der Waals surface area contributed by atoms with Crippen molar-refractivity contribution in [3.63, 3.8) is 0 Å². The van der Waals surface area contributed by atoms with Gasteiger partial charge in [0, 0.05) is 11.3 Å². The highest BCUT2D eigenvalue weighted by atomic mass is 16.6. The minimum atomic E-state index is -0.848. The fourth-order valence-electron chi connectivity index (χ4n) is 1.92. The Kier molecular flexibility index (Phi) is 7.45. The van der Waals surface area contributed by atoms with E-state index in [-0.39, 0.29) is 12.2 Å². The van der Waals surface area contributed by atoms with Gasteiger partial charge in [0.15, 0.2) is 0 Å². The van der Waals surface area contributed by atoms with E-state index in [0.717, 1.165) is 7.11 Å². The number of carbonyl (C=O) groups is 2. The molecule has 124 valence electrons. The highest BCUT2D eigenvalue weighted by Crippen LogP contribution is 2.20. The molecule has 1 rings (SSSR count). The topological polar surface area (TPSA) is 95.7 Å². The van der Waals surface area contributed by atoms with Crippen LogP contribution in [0.4, 0.5) is 0 Å². The van der Waals surface area contributed by atoms with Gasteiger partial charge in [0.2, 0.25) is 12.3 Å². The van der Waals surface area contributed by atoms with E-state index in [4.69, 9.17) is 4.74 Å². The zero-order chi connectivity index (χ0) is 17.2. The number of rotatable bonds is 8. The summed E-state index contributed by atoms with van der Waals surface area (Å²) in [6.07, 6.45) is 1.96. The van der Waals surface area contributed by atoms with Crippen LogP contribution < -0.4 is 0 Å². The van der Waals surface area contributed by atoms with E-state index in [2.05, 4.69) is 4.74 Å². The molecule has 0 amide bonds. The summed E-state index contributed by atoms with van der Waals surface area (Å²) in [6, 6.07) is 8.65. The number of hydrogen-bond donors (Lipinski definition) is 0. The van der Waals surface area contributed by atoms with Gasteiger partial charge in [-0.3, -0.25) is 14.9 Å². The highest BCUT2D eigenvalue weighted by Gasteiger charge is 2.22. The summed E-state index contributed by atoms with van der Waals surface area (Å²) in [4.78, 5) is 33.8. The summed E-state index contributed by atoms with van der Waals surface area (Å²) in [5, 5.41) is 10.9. The molecule has 0 aliphatic carbocycles. The van der Waals surface area contributed by atoms with E-state index < -0.39 is 29.3 Å². The molecule has 0 N–H and O–H groups in total. The standard InChI is InChI=1S/C16H19NO6/c1-3-7-15(18)23-14(16(19)22-2)10-13(11-17(20)21)12-8-5-4-6-9-12/h4-6,8-10,13H,3,7,11H2,1-2H3/b14-10-/t13-/m0/s1. The SMILES string of the molecule is CCCC(=O)O/C(=C\[C@@H](C[N+](=O)[O-])c1ccccc1)C(=O)OC. The second kappa shape index (κ2) is 9.34. The Bertz CT molecular complexity index is 581. The molecule has 1 aromatic carbocycles. The van der Waals surface area contributed by atoms with Crippen molar-refractivity contribution in [1.82, 2.24) is 0 Å². The van der Waals surface area contributed by atoms with E-state index >= 15 is 0 Å². The number of nitro groups is 1. The van der Waals surface area contributed by atoms with Gasteiger partial charge in [-0.15, -0.1) is 0 Å². The lowest BCUT2D eigenvalue weighted by Gasteiger charge is -2.12. The van der Waals surface area contributed by atoms with E-state index in [1.54, 1.807) is 37.3 Å². The Morgan fingerprint density at radius 3 is 2.48 bits per heavy atom. The molecule has 0 spiro atoms. The third kappa shape index (κ3) is 6.29. The van der Waals surface area contributed by atoms with Crippen molar-refractivity contribution in [3.8, 4) is 0 Å². The predicted molar refractivity (Wildman–Crippen MR) is 82.1 cm³/mol. The predicted octanol–water partition coefficient (Wildman–Crippen LogP) is 2.45. The lowest BCUT2D eigenvalue weighted by Crippen LogP contribution is -2.17. The van der Waals surface area contributed by atoms with Crippen molar-refractivity contribution in [2.45, 2.75) is 25.7 Å². The monoisotopic (exact) mass is 321 g/mol. The first-order chi connectivity index (χ1) is 11.0. The number of benzene rings is 1. The molecule has 0 saturated heterocycles. The number of esters is 2. The smallest absolute Gasteiger partial charge is 0.373 e. The maximum absolute atomic E-state index is 11.8. The average Bonchev–Trinajstić information content (AvgIpc) is 2.53. The molecule has 0 aliphatic heterocycles. The summed E-state index contributed by atoms with van der Waals surface area (Å²) in [5.41, 5.74) is 0.636. The Balaban J connectivity index is 3.12. The zero-order valence-corrected chi connectivity index (χ0v) is 13.1. The molecule has 0 aliphatic rings. The molecule has 0 aromatic heterocycles. The maximum Gasteiger partial charge on any atom is 0.373 e. The molecule has 7 nitrogen and oxygen atoms in total. The first-order valence-corrected chi connectivity index (χ1v) is 7.15. The third-order valence-electron chi connectivity index (χ3n) is 2.99. The van der Waals surface area contributed by atoms with Crippen LogP contribution in [0, 0.1) is 10.1 Å². The second-order valence-corrected chi connectivity index (χ2v) is 4.78. The highest BCUT2D eigenvalue weighted by molar-refractivity contribution is 5.89. The van der Waals surface area contributed by atoms with Crippen LogP contribution in [0.3, 0.4) is 0 Å². The van der Waals surface area contributed by atoms with E-state index in [0.29, 0.717) is 12.0 Å². The first kappa shape index (κ1) is 18.3. The van der Waals surface area contributed by atoms with Crippen LogP contribution in [0.25, 0.3) is 0 Å². The normalized spacial score (nSPS) is 12.3. The van der Waals surface area contributed by atoms with Gasteiger partial charge < -0.3 is 9.47 Å². The van der Waals surface area contributed by atoms with Gasteiger partial charge in [-0.05, 0) is 18.1 Å². The Morgan fingerprint density at radius 2 is 1.96 bits per heavy atom. The number of carbonyl (C=O) groups excluding carboxylic acids is 2. The van der Waals surface area contributed by atoms with Crippen LogP contribution in [-0.4, -0.2) is 30.5 Å². The number of methoxy groups -OCH3 is 1. The fraction of sp³-hybridized carbons (Fsp3) is 0.375. The van der Waals surface area contributed by atoms with Crippen LogP contribution in [0.5, 0.6) is 0 Å². The lowest BCUT2D eigenvalue weighted by molar-refractivity contribution is -0.481. The van der Waals surface area contributed by atoms with Crippen molar-refractivity contribution < 1.29 is 24.0 Å². The molecule has 1 atom stereocenters. The van der Waals surface area contributed by atoms with Gasteiger partial charge in [0.1, 0.15) is 0 Å². The van der Waals surface area contributed by atoms with Crippen LogP contribution in [0.15, 0.2) is 42.2 Å². The molecule has 0 radical (unpaired) electrons. The molecular formula is C16H19NO6. The Morgan fingerprint density at radius 1 is 1.30 bits per heavy atom. The van der Waals surface area contributed by atoms with Gasteiger partial charge >= 0.3 is 11.9 Å². The summed E-state index contributed by atoms with van der Waals surface area (Å²) >= 11 is 0. The van der Waals surface area contributed by atoms with Gasteiger partial charge in [0.05, 0.1) is 13.0 Å². The maximum atomic E-state index is 11.8. The molecule has 0 saturated carbocycles. The number of ether oxygens (including phenoxy) is 2. The molecule has 0 bridgehead atoms. The summed E-state index contributed by atoms with van der Waals surface area (Å²) in [7, 11) is 1.15. The van der Waals surface area contributed by atoms with Crippen molar-refractivity contribution in [2.75, 3.05) is 13.7 Å². The fourth-order valence-corrected chi connectivity index (χ4v) is 1.92. The Hall–Kier alpha value is -2.70. The zero-order valence-electron chi connectivity index (χ0n) is 13.1. The van der Waals surface area contributed by atoms with Crippen LogP contribution in [0.1, 0.15) is 31.2 Å². The van der Waals surface area contributed by atoms with E-state index in [1.807, 2.05) is 0 Å². The largest absolute Gasteiger partial charge is 0.463 e. The molecule has 0 fully saturated rings. The van der Waals surface area contributed by atoms with E-state index in [1.165, 1.54) is 6.08 Å². The molecule has 23 heavy (non-hydrogen) atoms.